The van der Waals surface area contributed by atoms with Crippen molar-refractivity contribution in [1.29, 1.82) is 0 Å². The molecule has 1 aromatic heterocycles. The molecule has 0 aromatic carbocycles. The normalized spacial score (nSPS) is 21.7. The molecule has 2 rings (SSSR count). The first-order chi connectivity index (χ1) is 6.79. The molecule has 78 valence electrons. The topological polar surface area (TPSA) is 53.1 Å². The molecule has 0 spiro atoms. The second-order valence-corrected chi connectivity index (χ2v) is 3.89. The van der Waals surface area contributed by atoms with Crippen molar-refractivity contribution in [2.75, 3.05) is 13.2 Å². The van der Waals surface area contributed by atoms with Crippen molar-refractivity contribution >= 4 is 0 Å². The lowest BCUT2D eigenvalue weighted by Crippen LogP contribution is -2.05. The fourth-order valence-electron chi connectivity index (χ4n) is 1.90. The molecule has 2 N–H and O–H groups in total. The molecular formula is C10H17N3O. The van der Waals surface area contributed by atoms with E-state index in [0.29, 0.717) is 12.5 Å². The quantitative estimate of drug-likeness (QED) is 0.762. The molecule has 2 heterocycles. The van der Waals surface area contributed by atoms with Gasteiger partial charge in [-0.2, -0.15) is 5.10 Å². The van der Waals surface area contributed by atoms with Gasteiger partial charge in [-0.05, 0) is 24.8 Å². The van der Waals surface area contributed by atoms with Crippen molar-refractivity contribution < 1.29 is 4.74 Å². The Balaban J connectivity index is 2.01. The Morgan fingerprint density at radius 2 is 2.57 bits per heavy atom. The number of nitrogens with zero attached hydrogens (tertiary/aromatic N) is 2. The first-order valence-corrected chi connectivity index (χ1v) is 5.09. The third-order valence-corrected chi connectivity index (χ3v) is 2.76. The molecule has 4 heteroatoms. The monoisotopic (exact) mass is 195 g/mol. The molecule has 0 radical (unpaired) electrons. The molecule has 0 bridgehead atoms. The van der Waals surface area contributed by atoms with E-state index in [1.807, 2.05) is 11.7 Å². The maximum absolute atomic E-state index is 5.59. The summed E-state index contributed by atoms with van der Waals surface area (Å²) in [5, 5.41) is 4.43. The Morgan fingerprint density at radius 1 is 1.71 bits per heavy atom. The summed E-state index contributed by atoms with van der Waals surface area (Å²) in [5.74, 6) is 0.649. The fourth-order valence-corrected chi connectivity index (χ4v) is 1.90. The van der Waals surface area contributed by atoms with E-state index in [1.54, 1.807) is 0 Å². The van der Waals surface area contributed by atoms with Gasteiger partial charge in [0.15, 0.2) is 0 Å². The Labute approximate surface area is 84.0 Å². The van der Waals surface area contributed by atoms with Gasteiger partial charge in [0.2, 0.25) is 0 Å². The smallest absolute Gasteiger partial charge is 0.0631 e. The van der Waals surface area contributed by atoms with Crippen LogP contribution in [0.15, 0.2) is 6.07 Å². The van der Waals surface area contributed by atoms with Gasteiger partial charge in [-0.1, -0.05) is 0 Å². The Hall–Kier alpha value is -0.870. The van der Waals surface area contributed by atoms with Crippen LogP contribution < -0.4 is 5.73 Å². The molecule has 1 fully saturated rings. The van der Waals surface area contributed by atoms with Crippen molar-refractivity contribution in [3.05, 3.63) is 17.5 Å². The number of ether oxygens (including phenoxy) is 1. The van der Waals surface area contributed by atoms with Crippen molar-refractivity contribution in [3.63, 3.8) is 0 Å². The van der Waals surface area contributed by atoms with Crippen molar-refractivity contribution in [2.45, 2.75) is 19.4 Å². The van der Waals surface area contributed by atoms with E-state index in [4.69, 9.17) is 10.5 Å². The number of hydrogen-bond donors (Lipinski definition) is 1. The number of aromatic nitrogens is 2. The lowest BCUT2D eigenvalue weighted by Gasteiger charge is -2.02. The van der Waals surface area contributed by atoms with Gasteiger partial charge in [0, 0.05) is 26.8 Å². The van der Waals surface area contributed by atoms with Crippen LogP contribution in [-0.2, 0) is 24.8 Å². The van der Waals surface area contributed by atoms with Gasteiger partial charge in [0.05, 0.1) is 11.4 Å². The zero-order valence-corrected chi connectivity index (χ0v) is 8.57. The highest BCUT2D eigenvalue weighted by molar-refractivity contribution is 5.10. The van der Waals surface area contributed by atoms with Gasteiger partial charge in [0.1, 0.15) is 0 Å². The highest BCUT2D eigenvalue weighted by Gasteiger charge is 2.17. The summed E-state index contributed by atoms with van der Waals surface area (Å²) in [6, 6.07) is 2.10. The maximum atomic E-state index is 5.59. The highest BCUT2D eigenvalue weighted by atomic mass is 16.5. The van der Waals surface area contributed by atoms with E-state index < -0.39 is 0 Å². The number of nitrogens with two attached hydrogens (primary N) is 1. The summed E-state index contributed by atoms with van der Waals surface area (Å²) in [7, 11) is 1.94. The zero-order chi connectivity index (χ0) is 9.97. The molecule has 1 aliphatic heterocycles. The SMILES string of the molecule is Cn1nc(CC2CCOC2)cc1CN. The second-order valence-electron chi connectivity index (χ2n) is 3.89. The van der Waals surface area contributed by atoms with Gasteiger partial charge in [-0.25, -0.2) is 0 Å². The highest BCUT2D eigenvalue weighted by Crippen LogP contribution is 2.17. The van der Waals surface area contributed by atoms with E-state index in [1.165, 1.54) is 0 Å². The number of rotatable bonds is 3. The van der Waals surface area contributed by atoms with E-state index in [0.717, 1.165) is 37.4 Å². The van der Waals surface area contributed by atoms with E-state index in [2.05, 4.69) is 11.2 Å². The Kier molecular flexibility index (Phi) is 2.84. The van der Waals surface area contributed by atoms with Crippen molar-refractivity contribution in [2.24, 2.45) is 18.7 Å². The lowest BCUT2D eigenvalue weighted by molar-refractivity contribution is 0.185. The largest absolute Gasteiger partial charge is 0.381 e. The molecule has 4 nitrogen and oxygen atoms in total. The van der Waals surface area contributed by atoms with Gasteiger partial charge in [0.25, 0.3) is 0 Å². The summed E-state index contributed by atoms with van der Waals surface area (Å²) in [4.78, 5) is 0. The molecular weight excluding hydrogens is 178 g/mol. The minimum atomic E-state index is 0.560. The third kappa shape index (κ3) is 1.96. The van der Waals surface area contributed by atoms with Gasteiger partial charge < -0.3 is 10.5 Å². The van der Waals surface area contributed by atoms with Crippen LogP contribution in [0.3, 0.4) is 0 Å². The fraction of sp³-hybridized carbons (Fsp3) is 0.700. The minimum absolute atomic E-state index is 0.560. The maximum Gasteiger partial charge on any atom is 0.0631 e. The van der Waals surface area contributed by atoms with E-state index in [-0.39, 0.29) is 0 Å². The van der Waals surface area contributed by atoms with E-state index >= 15 is 0 Å². The molecule has 14 heavy (non-hydrogen) atoms. The third-order valence-electron chi connectivity index (χ3n) is 2.76. The molecule has 1 unspecified atom stereocenters. The first kappa shape index (κ1) is 9.68. The summed E-state index contributed by atoms with van der Waals surface area (Å²) in [6.07, 6.45) is 2.18. The van der Waals surface area contributed by atoms with Crippen molar-refractivity contribution in [1.82, 2.24) is 9.78 Å². The second kappa shape index (κ2) is 4.11. The molecule has 1 aliphatic rings. The van der Waals surface area contributed by atoms with Crippen LogP contribution in [0, 0.1) is 5.92 Å². The Morgan fingerprint density at radius 3 is 3.14 bits per heavy atom. The molecule has 0 aliphatic carbocycles. The average molecular weight is 195 g/mol. The van der Waals surface area contributed by atoms with Crippen molar-refractivity contribution in [3.8, 4) is 0 Å². The van der Waals surface area contributed by atoms with Crippen LogP contribution in [0.4, 0.5) is 0 Å². The first-order valence-electron chi connectivity index (χ1n) is 5.09. The average Bonchev–Trinajstić information content (AvgIpc) is 2.76. The predicted octanol–water partition coefficient (Wildman–Crippen LogP) is 0.458. The summed E-state index contributed by atoms with van der Waals surface area (Å²) in [5.41, 5.74) is 7.82. The Bertz CT molecular complexity index is 302. The molecule has 0 amide bonds. The van der Waals surface area contributed by atoms with Crippen LogP contribution >= 0.6 is 0 Å². The summed E-state index contributed by atoms with van der Waals surface area (Å²) in [6.45, 7) is 2.35. The van der Waals surface area contributed by atoms with Crippen LogP contribution in [0.5, 0.6) is 0 Å². The standard InChI is InChI=1S/C10H17N3O/c1-13-10(6-11)5-9(12-13)4-8-2-3-14-7-8/h5,8H,2-4,6-7,11H2,1H3. The summed E-state index contributed by atoms with van der Waals surface area (Å²) < 4.78 is 7.20. The van der Waals surface area contributed by atoms with Crippen LogP contribution in [0.1, 0.15) is 17.8 Å². The molecule has 0 saturated carbocycles. The number of hydrogen-bond acceptors (Lipinski definition) is 3. The summed E-state index contributed by atoms with van der Waals surface area (Å²) >= 11 is 0. The van der Waals surface area contributed by atoms with Crippen LogP contribution in [0.2, 0.25) is 0 Å². The van der Waals surface area contributed by atoms with Crippen LogP contribution in [0.25, 0.3) is 0 Å². The molecule has 1 saturated heterocycles. The van der Waals surface area contributed by atoms with E-state index in [9.17, 15) is 0 Å². The minimum Gasteiger partial charge on any atom is -0.381 e. The lowest BCUT2D eigenvalue weighted by atomic mass is 10.0. The number of aryl methyl sites for hydroxylation is 1. The molecule has 1 atom stereocenters. The van der Waals surface area contributed by atoms with Gasteiger partial charge >= 0.3 is 0 Å². The molecule has 1 aromatic rings. The van der Waals surface area contributed by atoms with Crippen LogP contribution in [-0.4, -0.2) is 23.0 Å². The van der Waals surface area contributed by atoms with Gasteiger partial charge in [-0.3, -0.25) is 4.68 Å². The predicted molar refractivity (Wildman–Crippen MR) is 53.7 cm³/mol. The van der Waals surface area contributed by atoms with Gasteiger partial charge in [-0.15, -0.1) is 0 Å². The zero-order valence-electron chi connectivity index (χ0n) is 8.57.